The predicted octanol–water partition coefficient (Wildman–Crippen LogP) is 5.39. The third kappa shape index (κ3) is 5.16. The minimum absolute atomic E-state index is 0.280. The van der Waals surface area contributed by atoms with Gasteiger partial charge in [0.1, 0.15) is 23.8 Å². The van der Waals surface area contributed by atoms with E-state index in [0.717, 1.165) is 16.7 Å². The Hall–Kier alpha value is -2.27. The van der Waals surface area contributed by atoms with Crippen molar-refractivity contribution in [1.29, 1.82) is 0 Å². The van der Waals surface area contributed by atoms with E-state index in [1.165, 1.54) is 12.1 Å². The number of hydrogen-bond donors (Lipinski definition) is 0. The molecule has 4 nitrogen and oxygen atoms in total. The van der Waals surface area contributed by atoms with Crippen LogP contribution >= 0.6 is 11.6 Å². The van der Waals surface area contributed by atoms with E-state index in [1.54, 1.807) is 17.0 Å². The SMILES string of the molecule is CC(C)(C)OC(=O)N1CCc2ccc(Cl)c(OCc3ccc(F)cc3)c2CC1. The van der Waals surface area contributed by atoms with Gasteiger partial charge in [-0.15, -0.1) is 0 Å². The van der Waals surface area contributed by atoms with Crippen LogP contribution in [0.3, 0.4) is 0 Å². The van der Waals surface area contributed by atoms with Gasteiger partial charge in [-0.05, 0) is 62.9 Å². The van der Waals surface area contributed by atoms with Gasteiger partial charge < -0.3 is 14.4 Å². The fourth-order valence-electron chi connectivity index (χ4n) is 3.16. The maximum atomic E-state index is 13.1. The Morgan fingerprint density at radius 2 is 1.79 bits per heavy atom. The molecule has 6 heteroatoms. The molecule has 1 aliphatic heterocycles. The molecule has 0 spiro atoms. The number of amides is 1. The van der Waals surface area contributed by atoms with Crippen molar-refractivity contribution in [3.05, 3.63) is 63.9 Å². The minimum Gasteiger partial charge on any atom is -0.487 e. The van der Waals surface area contributed by atoms with Crippen LogP contribution in [0, 0.1) is 5.82 Å². The molecule has 2 aromatic rings. The summed E-state index contributed by atoms with van der Waals surface area (Å²) in [5, 5.41) is 0.534. The molecule has 0 bridgehead atoms. The number of halogens is 2. The van der Waals surface area contributed by atoms with Gasteiger partial charge in [-0.3, -0.25) is 0 Å². The van der Waals surface area contributed by atoms with Crippen molar-refractivity contribution < 1.29 is 18.7 Å². The Morgan fingerprint density at radius 1 is 1.11 bits per heavy atom. The van der Waals surface area contributed by atoms with E-state index in [0.29, 0.717) is 43.3 Å². The summed E-state index contributed by atoms with van der Waals surface area (Å²) in [7, 11) is 0. The van der Waals surface area contributed by atoms with Crippen LogP contribution in [0.5, 0.6) is 5.75 Å². The van der Waals surface area contributed by atoms with Gasteiger partial charge in [0, 0.05) is 18.7 Å². The van der Waals surface area contributed by atoms with Gasteiger partial charge in [-0.25, -0.2) is 9.18 Å². The molecule has 0 N–H and O–H groups in total. The monoisotopic (exact) mass is 405 g/mol. The molecule has 0 radical (unpaired) electrons. The van der Waals surface area contributed by atoms with E-state index in [4.69, 9.17) is 21.1 Å². The summed E-state index contributed by atoms with van der Waals surface area (Å²) in [6, 6.07) is 10.0. The second-order valence-electron chi connectivity index (χ2n) is 7.90. The van der Waals surface area contributed by atoms with E-state index < -0.39 is 5.60 Å². The smallest absolute Gasteiger partial charge is 0.410 e. The van der Waals surface area contributed by atoms with Crippen LogP contribution in [0.1, 0.15) is 37.5 Å². The summed E-state index contributed by atoms with van der Waals surface area (Å²) in [6.07, 6.45) is 1.03. The molecular weight excluding hydrogens is 381 g/mol. The second kappa shape index (κ2) is 8.39. The van der Waals surface area contributed by atoms with Gasteiger partial charge in [-0.1, -0.05) is 29.8 Å². The molecule has 2 aromatic carbocycles. The summed E-state index contributed by atoms with van der Waals surface area (Å²) in [5.74, 6) is 0.354. The summed E-state index contributed by atoms with van der Waals surface area (Å²) in [5.41, 5.74) is 2.47. The lowest BCUT2D eigenvalue weighted by atomic mass is 10.0. The van der Waals surface area contributed by atoms with E-state index in [2.05, 4.69) is 0 Å². The first-order valence-corrected chi connectivity index (χ1v) is 9.76. The Labute approximate surface area is 170 Å². The van der Waals surface area contributed by atoms with Crippen LogP contribution in [-0.2, 0) is 24.2 Å². The zero-order chi connectivity index (χ0) is 20.3. The van der Waals surface area contributed by atoms with Crippen molar-refractivity contribution in [2.75, 3.05) is 13.1 Å². The lowest BCUT2D eigenvalue weighted by molar-refractivity contribution is 0.0258. The first-order chi connectivity index (χ1) is 13.2. The summed E-state index contributed by atoms with van der Waals surface area (Å²) in [4.78, 5) is 14.1. The second-order valence-corrected chi connectivity index (χ2v) is 8.30. The molecule has 0 saturated carbocycles. The number of carbonyl (C=O) groups excluding carboxylic acids is 1. The summed E-state index contributed by atoms with van der Waals surface area (Å²) < 4.78 is 24.6. The molecule has 3 rings (SSSR count). The van der Waals surface area contributed by atoms with Gasteiger partial charge in [0.15, 0.2) is 0 Å². The van der Waals surface area contributed by atoms with Crippen LogP contribution in [0.2, 0.25) is 5.02 Å². The van der Waals surface area contributed by atoms with Gasteiger partial charge in [0.2, 0.25) is 0 Å². The van der Waals surface area contributed by atoms with E-state index in [1.807, 2.05) is 32.9 Å². The van der Waals surface area contributed by atoms with Crippen molar-refractivity contribution >= 4 is 17.7 Å². The molecule has 0 atom stereocenters. The minimum atomic E-state index is -0.525. The molecule has 0 aliphatic carbocycles. The number of nitrogens with zero attached hydrogens (tertiary/aromatic N) is 1. The zero-order valence-electron chi connectivity index (χ0n) is 16.4. The fraction of sp³-hybridized carbons (Fsp3) is 0.409. The normalized spacial score (nSPS) is 14.2. The third-order valence-electron chi connectivity index (χ3n) is 4.54. The zero-order valence-corrected chi connectivity index (χ0v) is 17.2. The highest BCUT2D eigenvalue weighted by Crippen LogP contribution is 2.34. The predicted molar refractivity (Wildman–Crippen MR) is 107 cm³/mol. The number of fused-ring (bicyclic) bond motifs is 1. The van der Waals surface area contributed by atoms with Crippen molar-refractivity contribution in [2.45, 2.75) is 45.8 Å². The van der Waals surface area contributed by atoms with Gasteiger partial charge in [0.05, 0.1) is 5.02 Å². The number of benzene rings is 2. The quantitative estimate of drug-likeness (QED) is 0.686. The molecule has 0 saturated heterocycles. The molecule has 150 valence electrons. The highest BCUT2D eigenvalue weighted by atomic mass is 35.5. The standard InChI is InChI=1S/C22H25ClFNO3/c1-22(2,3)28-21(26)25-12-10-16-6-9-19(23)20(18(16)11-13-25)27-14-15-4-7-17(24)8-5-15/h4-9H,10-14H2,1-3H3. The maximum Gasteiger partial charge on any atom is 0.410 e. The summed E-state index contributed by atoms with van der Waals surface area (Å²) in [6.45, 7) is 7.00. The average molecular weight is 406 g/mol. The number of rotatable bonds is 3. The molecule has 1 heterocycles. The fourth-order valence-corrected chi connectivity index (χ4v) is 3.40. The van der Waals surface area contributed by atoms with Crippen LogP contribution in [-0.4, -0.2) is 29.7 Å². The molecule has 0 unspecified atom stereocenters. The Kier molecular flexibility index (Phi) is 6.14. The van der Waals surface area contributed by atoms with Crippen molar-refractivity contribution in [3.8, 4) is 5.75 Å². The number of carbonyl (C=O) groups is 1. The topological polar surface area (TPSA) is 38.8 Å². The third-order valence-corrected chi connectivity index (χ3v) is 4.84. The molecule has 28 heavy (non-hydrogen) atoms. The highest BCUT2D eigenvalue weighted by molar-refractivity contribution is 6.32. The van der Waals surface area contributed by atoms with Crippen molar-refractivity contribution in [2.24, 2.45) is 0 Å². The lowest BCUT2D eigenvalue weighted by Gasteiger charge is -2.26. The van der Waals surface area contributed by atoms with E-state index in [-0.39, 0.29) is 11.9 Å². The molecular formula is C22H25ClFNO3. The van der Waals surface area contributed by atoms with Crippen molar-refractivity contribution in [3.63, 3.8) is 0 Å². The molecule has 1 aliphatic rings. The molecule has 0 aromatic heterocycles. The van der Waals surface area contributed by atoms with Crippen molar-refractivity contribution in [1.82, 2.24) is 4.90 Å². The van der Waals surface area contributed by atoms with Gasteiger partial charge in [0.25, 0.3) is 0 Å². The van der Waals surface area contributed by atoms with Crippen LogP contribution in [0.15, 0.2) is 36.4 Å². The Morgan fingerprint density at radius 3 is 2.46 bits per heavy atom. The van der Waals surface area contributed by atoms with Gasteiger partial charge >= 0.3 is 6.09 Å². The number of ether oxygens (including phenoxy) is 2. The first-order valence-electron chi connectivity index (χ1n) is 9.38. The van der Waals surface area contributed by atoms with E-state index >= 15 is 0 Å². The molecule has 0 fully saturated rings. The van der Waals surface area contributed by atoms with Gasteiger partial charge in [-0.2, -0.15) is 0 Å². The Bertz CT molecular complexity index is 846. The van der Waals surface area contributed by atoms with Crippen LogP contribution < -0.4 is 4.74 Å². The summed E-state index contributed by atoms with van der Waals surface area (Å²) >= 11 is 6.40. The highest BCUT2D eigenvalue weighted by Gasteiger charge is 2.26. The maximum absolute atomic E-state index is 13.1. The van der Waals surface area contributed by atoms with Crippen LogP contribution in [0.25, 0.3) is 0 Å². The largest absolute Gasteiger partial charge is 0.487 e. The molecule has 1 amide bonds. The average Bonchev–Trinajstić information content (AvgIpc) is 2.84. The lowest BCUT2D eigenvalue weighted by Crippen LogP contribution is -2.38. The van der Waals surface area contributed by atoms with Crippen LogP contribution in [0.4, 0.5) is 9.18 Å². The number of hydrogen-bond acceptors (Lipinski definition) is 3. The van der Waals surface area contributed by atoms with E-state index in [9.17, 15) is 9.18 Å². The first kappa shape index (κ1) is 20.5. The Balaban J connectivity index is 1.74.